The molecule has 3 heterocycles. The Morgan fingerprint density at radius 3 is 2.76 bits per heavy atom. The highest BCUT2D eigenvalue weighted by atomic mass is 16.7. The molecule has 0 amide bonds. The summed E-state index contributed by atoms with van der Waals surface area (Å²) >= 11 is 0. The predicted molar refractivity (Wildman–Crippen MR) is 140 cm³/mol. The molecule has 7 nitrogen and oxygen atoms in total. The second-order valence-electron chi connectivity index (χ2n) is 12.9. The molecule has 204 valence electrons. The Hall–Kier alpha value is -2.03. The summed E-state index contributed by atoms with van der Waals surface area (Å²) in [6.07, 6.45) is 7.08. The third-order valence-corrected chi connectivity index (χ3v) is 11.2. The number of carbonyl (C=O) groups is 1. The van der Waals surface area contributed by atoms with Crippen molar-refractivity contribution in [2.24, 2.45) is 16.7 Å². The molecule has 38 heavy (non-hydrogen) atoms. The van der Waals surface area contributed by atoms with E-state index in [1.54, 1.807) is 12.1 Å². The molecule has 7 aliphatic rings. The average molecular weight is 522 g/mol. The number of hydrogen-bond acceptors (Lipinski definition) is 7. The van der Waals surface area contributed by atoms with Gasteiger partial charge in [-0.3, -0.25) is 0 Å². The highest BCUT2D eigenvalue weighted by molar-refractivity contribution is 5.89. The maximum atomic E-state index is 13.1. The summed E-state index contributed by atoms with van der Waals surface area (Å²) in [6, 6.07) is 9.08. The summed E-state index contributed by atoms with van der Waals surface area (Å²) in [5, 5.41) is 23.7. The number of allylic oxidation sites excluding steroid dienone is 1. The molecule has 1 aromatic rings. The van der Waals surface area contributed by atoms with Crippen LogP contribution in [0.2, 0.25) is 0 Å². The van der Waals surface area contributed by atoms with Crippen LogP contribution >= 0.6 is 0 Å². The number of hydrogen-bond donors (Lipinski definition) is 2. The van der Waals surface area contributed by atoms with Gasteiger partial charge in [-0.1, -0.05) is 37.3 Å². The van der Waals surface area contributed by atoms with Crippen LogP contribution in [0.25, 0.3) is 0 Å². The normalized spacial score (nSPS) is 46.1. The van der Waals surface area contributed by atoms with Gasteiger partial charge in [-0.2, -0.15) is 0 Å². The molecule has 3 saturated heterocycles. The zero-order chi connectivity index (χ0) is 26.6. The van der Waals surface area contributed by atoms with Crippen molar-refractivity contribution in [3.8, 4) is 0 Å². The standard InChI is InChI=1S/C31H39NO6/c1-20(37-26(34)21-7-5-4-6-8-21)23-11-12-30-24-10-9-22-17-29(35)14-13-27(22,2)31(24,38-29)25(33)18-28(23,30)19-32(3)15-16-36-30/h4-8,10-11,20,22,25,33,35H,9,12-19H2,1-3H3/t20?,22-,25-,27+,28+,29-,30+,31+/m1/s1. The van der Waals surface area contributed by atoms with E-state index in [0.717, 1.165) is 30.5 Å². The molecule has 1 spiro atoms. The van der Waals surface area contributed by atoms with Crippen LogP contribution in [-0.4, -0.2) is 77.0 Å². The number of nitrogens with zero attached hydrogens (tertiary/aromatic N) is 1. The number of benzene rings is 1. The lowest BCUT2D eigenvalue weighted by Gasteiger charge is -2.73. The molecular formula is C31H39NO6. The van der Waals surface area contributed by atoms with Crippen molar-refractivity contribution in [2.45, 2.75) is 81.6 Å². The van der Waals surface area contributed by atoms with Gasteiger partial charge in [0.15, 0.2) is 5.79 Å². The fraction of sp³-hybridized carbons (Fsp3) is 0.645. The summed E-state index contributed by atoms with van der Waals surface area (Å²) < 4.78 is 19.8. The molecule has 5 fully saturated rings. The predicted octanol–water partition coefficient (Wildman–Crippen LogP) is 3.61. The number of aliphatic hydroxyl groups excluding tert-OH is 1. The highest BCUT2D eigenvalue weighted by Crippen LogP contribution is 2.74. The van der Waals surface area contributed by atoms with E-state index in [2.05, 4.69) is 31.0 Å². The van der Waals surface area contributed by atoms with Crippen LogP contribution < -0.4 is 0 Å². The van der Waals surface area contributed by atoms with Crippen LogP contribution in [0.3, 0.4) is 0 Å². The third kappa shape index (κ3) is 2.95. The van der Waals surface area contributed by atoms with Gasteiger partial charge in [-0.05, 0) is 68.9 Å². The Balaban J connectivity index is 1.33. The topological polar surface area (TPSA) is 88.5 Å². The number of ether oxygens (including phenoxy) is 3. The van der Waals surface area contributed by atoms with Crippen LogP contribution in [-0.2, 0) is 14.2 Å². The second-order valence-corrected chi connectivity index (χ2v) is 12.9. The van der Waals surface area contributed by atoms with Crippen molar-refractivity contribution >= 4 is 5.97 Å². The van der Waals surface area contributed by atoms with E-state index < -0.39 is 34.6 Å². The second kappa shape index (κ2) is 8.01. The van der Waals surface area contributed by atoms with Gasteiger partial charge in [0.1, 0.15) is 17.3 Å². The Kier molecular flexibility index (Phi) is 5.27. The first kappa shape index (κ1) is 25.0. The molecule has 2 N–H and O–H groups in total. The number of aliphatic hydroxyl groups is 2. The zero-order valence-electron chi connectivity index (χ0n) is 22.6. The van der Waals surface area contributed by atoms with Crippen molar-refractivity contribution < 1.29 is 29.2 Å². The lowest BCUT2D eigenvalue weighted by Crippen LogP contribution is -2.79. The molecule has 1 unspecified atom stereocenters. The number of carbonyl (C=O) groups excluding carboxylic acids is 1. The smallest absolute Gasteiger partial charge is 0.338 e. The number of esters is 1. The molecule has 1 aromatic carbocycles. The van der Waals surface area contributed by atoms with E-state index >= 15 is 0 Å². The molecule has 3 aliphatic heterocycles. The SMILES string of the molecule is CC(OC(=O)c1ccccc1)C1=CC[C@@]23OCCN(C)C[C@@]12C[C@@H](O)[C@]12O[C@]4(O)CC[C@@]1(C)[C@H](CC=C32)C4. The van der Waals surface area contributed by atoms with Gasteiger partial charge < -0.3 is 29.3 Å². The van der Waals surface area contributed by atoms with E-state index in [1.807, 2.05) is 25.1 Å². The van der Waals surface area contributed by atoms with Gasteiger partial charge in [-0.25, -0.2) is 4.79 Å². The third-order valence-electron chi connectivity index (χ3n) is 11.2. The summed E-state index contributed by atoms with van der Waals surface area (Å²) in [4.78, 5) is 15.3. The van der Waals surface area contributed by atoms with Crippen molar-refractivity contribution in [1.82, 2.24) is 4.90 Å². The molecule has 4 aliphatic carbocycles. The molecule has 2 saturated carbocycles. The van der Waals surface area contributed by atoms with Crippen molar-refractivity contribution in [2.75, 3.05) is 26.7 Å². The minimum atomic E-state index is -1.21. The summed E-state index contributed by atoms with van der Waals surface area (Å²) in [6.45, 7) is 6.21. The van der Waals surface area contributed by atoms with Crippen LogP contribution in [0.15, 0.2) is 53.6 Å². The first-order valence-electron chi connectivity index (χ1n) is 14.2. The van der Waals surface area contributed by atoms with Gasteiger partial charge in [-0.15, -0.1) is 0 Å². The maximum absolute atomic E-state index is 13.1. The molecule has 8 atom stereocenters. The first-order chi connectivity index (χ1) is 18.1. The van der Waals surface area contributed by atoms with Crippen LogP contribution in [0, 0.1) is 16.7 Å². The summed E-state index contributed by atoms with van der Waals surface area (Å²) in [5.41, 5.74) is -0.0371. The largest absolute Gasteiger partial charge is 0.455 e. The fourth-order valence-electron chi connectivity index (χ4n) is 9.48. The quantitative estimate of drug-likeness (QED) is 0.464. The number of rotatable bonds is 3. The molecule has 0 radical (unpaired) electrons. The molecule has 7 heteroatoms. The highest BCUT2D eigenvalue weighted by Gasteiger charge is 2.79. The van der Waals surface area contributed by atoms with Gasteiger partial charge in [0.2, 0.25) is 0 Å². The minimum Gasteiger partial charge on any atom is -0.455 e. The molecule has 0 aromatic heterocycles. The number of likely N-dealkylation sites (N-methyl/N-ethyl adjacent to an activating group) is 1. The molecular weight excluding hydrogens is 482 g/mol. The van der Waals surface area contributed by atoms with Gasteiger partial charge in [0.25, 0.3) is 0 Å². The van der Waals surface area contributed by atoms with Crippen LogP contribution in [0.1, 0.15) is 62.7 Å². The first-order valence-corrected chi connectivity index (χ1v) is 14.2. The van der Waals surface area contributed by atoms with Gasteiger partial charge in [0.05, 0.1) is 18.3 Å². The zero-order valence-corrected chi connectivity index (χ0v) is 22.6. The van der Waals surface area contributed by atoms with Crippen LogP contribution in [0.5, 0.6) is 0 Å². The number of fused-ring (bicyclic) bond motifs is 1. The monoisotopic (exact) mass is 521 g/mol. The van der Waals surface area contributed by atoms with E-state index in [4.69, 9.17) is 14.2 Å². The lowest BCUT2D eigenvalue weighted by atomic mass is 9.41. The Morgan fingerprint density at radius 1 is 1.18 bits per heavy atom. The van der Waals surface area contributed by atoms with E-state index in [-0.39, 0.29) is 17.3 Å². The van der Waals surface area contributed by atoms with E-state index in [9.17, 15) is 15.0 Å². The average Bonchev–Trinajstić information content (AvgIpc) is 3.10. The minimum absolute atomic E-state index is 0.255. The Bertz CT molecular complexity index is 1230. The Morgan fingerprint density at radius 2 is 1.97 bits per heavy atom. The fourth-order valence-corrected chi connectivity index (χ4v) is 9.48. The lowest BCUT2D eigenvalue weighted by molar-refractivity contribution is -0.401. The van der Waals surface area contributed by atoms with Crippen molar-refractivity contribution in [3.05, 3.63) is 59.2 Å². The van der Waals surface area contributed by atoms with Gasteiger partial charge >= 0.3 is 5.97 Å². The van der Waals surface area contributed by atoms with Gasteiger partial charge in [0, 0.05) is 36.8 Å². The van der Waals surface area contributed by atoms with E-state index in [1.165, 1.54) is 0 Å². The molecule has 4 bridgehead atoms. The summed E-state index contributed by atoms with van der Waals surface area (Å²) in [7, 11) is 2.09. The maximum Gasteiger partial charge on any atom is 0.338 e. The van der Waals surface area contributed by atoms with Crippen molar-refractivity contribution in [1.29, 1.82) is 0 Å². The summed E-state index contributed by atoms with van der Waals surface area (Å²) in [5.74, 6) is -1.31. The van der Waals surface area contributed by atoms with Crippen molar-refractivity contribution in [3.63, 3.8) is 0 Å². The van der Waals surface area contributed by atoms with Crippen LogP contribution in [0.4, 0.5) is 0 Å². The molecule has 8 rings (SSSR count). The van der Waals surface area contributed by atoms with E-state index in [0.29, 0.717) is 44.4 Å². The Labute approximate surface area is 224 Å².